The molecule has 0 saturated carbocycles. The minimum Gasteiger partial charge on any atom is -0.355 e. The maximum absolute atomic E-state index is 11.8. The highest BCUT2D eigenvalue weighted by molar-refractivity contribution is 7.93. The van der Waals surface area contributed by atoms with E-state index in [9.17, 15) is 13.2 Å². The van der Waals surface area contributed by atoms with Gasteiger partial charge in [0.2, 0.25) is 5.91 Å². The van der Waals surface area contributed by atoms with E-state index in [1.54, 1.807) is 6.20 Å². The number of sulfone groups is 1. The van der Waals surface area contributed by atoms with Crippen molar-refractivity contribution < 1.29 is 13.2 Å². The molecule has 1 aromatic rings. The number of hydrogen-bond acceptors (Lipinski definition) is 4. The molecular formula is C13H18N2O3S. The number of hydrogen-bond donors (Lipinski definition) is 1. The highest BCUT2D eigenvalue weighted by atomic mass is 32.2. The Morgan fingerprint density at radius 3 is 2.95 bits per heavy atom. The van der Waals surface area contributed by atoms with Gasteiger partial charge in [0.1, 0.15) is 5.25 Å². The van der Waals surface area contributed by atoms with Crippen LogP contribution in [0.1, 0.15) is 24.1 Å². The van der Waals surface area contributed by atoms with Crippen LogP contribution < -0.4 is 5.32 Å². The number of rotatable bonds is 4. The Labute approximate surface area is 113 Å². The first kappa shape index (κ1) is 14.0. The van der Waals surface area contributed by atoms with Gasteiger partial charge in [0.05, 0.1) is 5.75 Å². The van der Waals surface area contributed by atoms with E-state index >= 15 is 0 Å². The Bertz CT molecular complexity index is 569. The smallest absolute Gasteiger partial charge is 0.238 e. The number of pyridine rings is 1. The van der Waals surface area contributed by atoms with Gasteiger partial charge in [-0.3, -0.25) is 9.78 Å². The first-order chi connectivity index (χ1) is 9.00. The second-order valence-corrected chi connectivity index (χ2v) is 7.11. The standard InChI is InChI=1S/C13H18N2O3S/c1-10-4-2-7-14-11(10)6-8-15-13(16)12-5-3-9-19(12,17)18/h2,4,7,12H,3,5-6,8-9H2,1H3,(H,15,16). The largest absolute Gasteiger partial charge is 0.355 e. The van der Waals surface area contributed by atoms with E-state index in [2.05, 4.69) is 10.3 Å². The molecule has 104 valence electrons. The molecule has 0 spiro atoms. The van der Waals surface area contributed by atoms with Gasteiger partial charge in [-0.15, -0.1) is 0 Å². The van der Waals surface area contributed by atoms with Crippen LogP contribution in [-0.2, 0) is 21.1 Å². The van der Waals surface area contributed by atoms with Crippen LogP contribution in [0.3, 0.4) is 0 Å². The topological polar surface area (TPSA) is 76.1 Å². The van der Waals surface area contributed by atoms with E-state index < -0.39 is 15.1 Å². The molecule has 1 unspecified atom stereocenters. The highest BCUT2D eigenvalue weighted by Crippen LogP contribution is 2.19. The summed E-state index contributed by atoms with van der Waals surface area (Å²) in [7, 11) is -3.22. The van der Waals surface area contributed by atoms with Gasteiger partial charge in [0.15, 0.2) is 9.84 Å². The van der Waals surface area contributed by atoms with E-state index in [1.807, 2.05) is 19.1 Å². The minimum atomic E-state index is -3.22. The molecule has 0 radical (unpaired) electrons. The number of nitrogens with zero attached hydrogens (tertiary/aromatic N) is 1. The van der Waals surface area contributed by atoms with Gasteiger partial charge in [0.25, 0.3) is 0 Å². The molecule has 5 nitrogen and oxygen atoms in total. The summed E-state index contributed by atoms with van der Waals surface area (Å²) in [5.41, 5.74) is 2.00. The van der Waals surface area contributed by atoms with Crippen molar-refractivity contribution in [3.8, 4) is 0 Å². The van der Waals surface area contributed by atoms with E-state index in [-0.39, 0.29) is 11.7 Å². The normalized spacial score (nSPS) is 21.2. The van der Waals surface area contributed by atoms with Gasteiger partial charge < -0.3 is 5.32 Å². The number of nitrogens with one attached hydrogen (secondary N) is 1. The Morgan fingerprint density at radius 1 is 1.53 bits per heavy atom. The Kier molecular flexibility index (Phi) is 4.19. The molecule has 1 aliphatic heterocycles. The van der Waals surface area contributed by atoms with Gasteiger partial charge in [0, 0.05) is 24.9 Å². The summed E-state index contributed by atoms with van der Waals surface area (Å²) >= 11 is 0. The average Bonchev–Trinajstić information content (AvgIpc) is 2.71. The zero-order valence-electron chi connectivity index (χ0n) is 10.9. The van der Waals surface area contributed by atoms with Crippen molar-refractivity contribution in [2.24, 2.45) is 0 Å². The third-order valence-electron chi connectivity index (χ3n) is 3.40. The fraction of sp³-hybridized carbons (Fsp3) is 0.538. The fourth-order valence-electron chi connectivity index (χ4n) is 2.28. The van der Waals surface area contributed by atoms with Crippen molar-refractivity contribution in [1.82, 2.24) is 10.3 Å². The molecular weight excluding hydrogens is 264 g/mol. The van der Waals surface area contributed by atoms with Crippen molar-refractivity contribution in [3.05, 3.63) is 29.6 Å². The van der Waals surface area contributed by atoms with Crippen LogP contribution in [0.15, 0.2) is 18.3 Å². The minimum absolute atomic E-state index is 0.129. The molecule has 1 atom stereocenters. The van der Waals surface area contributed by atoms with Crippen LogP contribution >= 0.6 is 0 Å². The highest BCUT2D eigenvalue weighted by Gasteiger charge is 2.36. The maximum atomic E-state index is 11.8. The van der Waals surface area contributed by atoms with E-state index in [0.717, 1.165) is 11.3 Å². The zero-order chi connectivity index (χ0) is 13.9. The average molecular weight is 282 g/mol. The fourth-order valence-corrected chi connectivity index (χ4v) is 4.07. The van der Waals surface area contributed by atoms with Gasteiger partial charge >= 0.3 is 0 Å². The summed E-state index contributed by atoms with van der Waals surface area (Å²) in [6.45, 7) is 2.38. The Balaban J connectivity index is 1.87. The van der Waals surface area contributed by atoms with Crippen LogP contribution in [0.5, 0.6) is 0 Å². The van der Waals surface area contributed by atoms with Gasteiger partial charge in [-0.2, -0.15) is 0 Å². The van der Waals surface area contributed by atoms with Gasteiger partial charge in [-0.25, -0.2) is 8.42 Å². The van der Waals surface area contributed by atoms with Crippen LogP contribution in [0.2, 0.25) is 0 Å². The monoisotopic (exact) mass is 282 g/mol. The Morgan fingerprint density at radius 2 is 2.32 bits per heavy atom. The van der Waals surface area contributed by atoms with E-state index in [0.29, 0.717) is 25.8 Å². The van der Waals surface area contributed by atoms with E-state index in [4.69, 9.17) is 0 Å². The van der Waals surface area contributed by atoms with Crippen molar-refractivity contribution in [3.63, 3.8) is 0 Å². The number of carbonyl (C=O) groups is 1. The maximum Gasteiger partial charge on any atom is 0.238 e. The number of aromatic nitrogens is 1. The lowest BCUT2D eigenvalue weighted by molar-refractivity contribution is -0.120. The lowest BCUT2D eigenvalue weighted by Gasteiger charge is -2.10. The second kappa shape index (κ2) is 5.69. The van der Waals surface area contributed by atoms with Crippen molar-refractivity contribution in [1.29, 1.82) is 0 Å². The molecule has 1 fully saturated rings. The van der Waals surface area contributed by atoms with Gasteiger partial charge in [-0.05, 0) is 31.4 Å². The molecule has 1 amide bonds. The summed E-state index contributed by atoms with van der Waals surface area (Å²) < 4.78 is 23.2. The van der Waals surface area contributed by atoms with Crippen LogP contribution in [0.4, 0.5) is 0 Å². The molecule has 1 aromatic heterocycles. The molecule has 1 N–H and O–H groups in total. The molecule has 0 bridgehead atoms. The number of carbonyl (C=O) groups excluding carboxylic acids is 1. The molecule has 0 aliphatic carbocycles. The molecule has 19 heavy (non-hydrogen) atoms. The molecule has 2 heterocycles. The molecule has 1 aliphatic rings. The summed E-state index contributed by atoms with van der Waals surface area (Å²) in [6, 6.07) is 3.83. The van der Waals surface area contributed by atoms with Crippen LogP contribution in [0.25, 0.3) is 0 Å². The summed E-state index contributed by atoms with van der Waals surface area (Å²) in [5.74, 6) is -0.240. The van der Waals surface area contributed by atoms with E-state index in [1.165, 1.54) is 0 Å². The second-order valence-electron chi connectivity index (χ2n) is 4.81. The predicted octanol–water partition coefficient (Wildman–Crippen LogP) is 0.626. The zero-order valence-corrected chi connectivity index (χ0v) is 11.7. The summed E-state index contributed by atoms with van der Waals surface area (Å²) in [6.07, 6.45) is 3.35. The third kappa shape index (κ3) is 3.32. The SMILES string of the molecule is Cc1cccnc1CCNC(=O)C1CCCS1(=O)=O. The Hall–Kier alpha value is -1.43. The third-order valence-corrected chi connectivity index (χ3v) is 5.57. The van der Waals surface area contributed by atoms with Crippen molar-refractivity contribution in [2.45, 2.75) is 31.4 Å². The van der Waals surface area contributed by atoms with Gasteiger partial charge in [-0.1, -0.05) is 6.07 Å². The molecule has 1 saturated heterocycles. The quantitative estimate of drug-likeness (QED) is 0.878. The lowest BCUT2D eigenvalue weighted by atomic mass is 10.1. The molecule has 6 heteroatoms. The number of amides is 1. The predicted molar refractivity (Wildman–Crippen MR) is 72.5 cm³/mol. The lowest BCUT2D eigenvalue weighted by Crippen LogP contribution is -2.38. The molecule has 2 rings (SSSR count). The van der Waals surface area contributed by atoms with Crippen molar-refractivity contribution >= 4 is 15.7 Å². The first-order valence-corrected chi connectivity index (χ1v) is 8.12. The van der Waals surface area contributed by atoms with Crippen molar-refractivity contribution in [2.75, 3.05) is 12.3 Å². The summed E-state index contributed by atoms with van der Waals surface area (Å²) in [4.78, 5) is 16.1. The number of aryl methyl sites for hydroxylation is 1. The first-order valence-electron chi connectivity index (χ1n) is 6.40. The summed E-state index contributed by atoms with van der Waals surface area (Å²) in [5, 5.41) is 1.85. The van der Waals surface area contributed by atoms with Crippen LogP contribution in [0, 0.1) is 6.92 Å². The van der Waals surface area contributed by atoms with Crippen LogP contribution in [-0.4, -0.2) is 36.9 Å². The molecule has 0 aromatic carbocycles.